The predicted octanol–water partition coefficient (Wildman–Crippen LogP) is 6.39. The topological polar surface area (TPSA) is 44.8 Å². The van der Waals surface area contributed by atoms with Gasteiger partial charge < -0.3 is 14.2 Å². The van der Waals surface area contributed by atoms with E-state index in [1.165, 1.54) is 19.8 Å². The van der Waals surface area contributed by atoms with E-state index >= 15 is 0 Å². The zero-order chi connectivity index (χ0) is 24.3. The third-order valence-corrected chi connectivity index (χ3v) is 6.19. The van der Waals surface area contributed by atoms with Crippen LogP contribution in [0.2, 0.25) is 0 Å². The van der Waals surface area contributed by atoms with Gasteiger partial charge in [-0.05, 0) is 52.3 Å². The minimum absolute atomic E-state index is 0.329. The van der Waals surface area contributed by atoms with Crippen LogP contribution in [0.4, 0.5) is 0 Å². The second kappa shape index (κ2) is 9.80. The van der Waals surface area contributed by atoms with Crippen molar-refractivity contribution in [2.45, 2.75) is 26.7 Å². The van der Waals surface area contributed by atoms with Gasteiger partial charge >= 0.3 is 11.9 Å². The molecule has 0 radical (unpaired) electrons. The number of ether oxygens (including phenoxy) is 3. The van der Waals surface area contributed by atoms with Crippen LogP contribution in [-0.4, -0.2) is 26.2 Å². The summed E-state index contributed by atoms with van der Waals surface area (Å²) < 4.78 is 16.9. The van der Waals surface area contributed by atoms with Gasteiger partial charge in [0.15, 0.2) is 0 Å². The fraction of sp³-hybridized carbons (Fsp3) is 0.233. The molecule has 0 amide bonds. The van der Waals surface area contributed by atoms with Crippen LogP contribution in [-0.2, 0) is 19.0 Å². The normalized spacial score (nSPS) is 19.7. The monoisotopic (exact) mass is 454 g/mol. The molecule has 0 unspecified atom stereocenters. The molecule has 1 aromatic carbocycles. The van der Waals surface area contributed by atoms with Gasteiger partial charge in [-0.25, -0.2) is 4.79 Å². The largest absolute Gasteiger partial charge is 0.400 e. The highest BCUT2D eigenvalue weighted by molar-refractivity contribution is 5.99. The molecule has 0 spiro atoms. The maximum Gasteiger partial charge on any atom is 0.359 e. The Labute approximate surface area is 201 Å². The first-order chi connectivity index (χ1) is 16.4. The molecule has 0 atom stereocenters. The molecular formula is C30H30O4. The molecule has 1 aromatic rings. The zero-order valence-corrected chi connectivity index (χ0v) is 20.3. The summed E-state index contributed by atoms with van der Waals surface area (Å²) in [5, 5.41) is 0. The Morgan fingerprint density at radius 1 is 0.912 bits per heavy atom. The lowest BCUT2D eigenvalue weighted by Gasteiger charge is -2.27. The highest BCUT2D eigenvalue weighted by atomic mass is 16.9. The summed E-state index contributed by atoms with van der Waals surface area (Å²) in [6, 6.07) is 10.2. The summed E-state index contributed by atoms with van der Waals surface area (Å²) >= 11 is 0. The van der Waals surface area contributed by atoms with Crippen molar-refractivity contribution in [3.8, 4) is 0 Å². The van der Waals surface area contributed by atoms with E-state index in [4.69, 9.17) is 14.2 Å². The van der Waals surface area contributed by atoms with E-state index < -0.39 is 11.9 Å². The smallest absolute Gasteiger partial charge is 0.359 e. The minimum atomic E-state index is -1.59. The Morgan fingerprint density at radius 2 is 1.62 bits per heavy atom. The lowest BCUT2D eigenvalue weighted by molar-refractivity contribution is -0.307. The number of carbonyl (C=O) groups excluding carboxylic acids is 1. The van der Waals surface area contributed by atoms with Crippen molar-refractivity contribution in [1.82, 2.24) is 0 Å². The molecule has 1 fully saturated rings. The Kier molecular flexibility index (Phi) is 6.82. The van der Waals surface area contributed by atoms with Crippen LogP contribution in [0.25, 0.3) is 6.08 Å². The Morgan fingerprint density at radius 3 is 2.29 bits per heavy atom. The SMILES string of the molecule is COC1(OC)OC(=O)C2=CC=C(/C=C/C=C/c3ccccc3)C3=CC(C(C)C)=CC=C(C)C3=C21. The standard InChI is InChI=1S/C30H30O4/c1-20(2)24-16-15-21(3)27-26(19-24)23(14-10-9-13-22-11-7-6-8-12-22)17-18-25-28(27)30(32-4,33-5)34-29(25)31/h6-20H,1-5H3/b13-9+,14-10+. The van der Waals surface area contributed by atoms with Crippen LogP contribution in [0.1, 0.15) is 26.3 Å². The van der Waals surface area contributed by atoms with Gasteiger partial charge in [-0.3, -0.25) is 0 Å². The van der Waals surface area contributed by atoms with Crippen LogP contribution in [0.15, 0.2) is 118 Å². The Bertz CT molecular complexity index is 1220. The molecular weight excluding hydrogens is 424 g/mol. The van der Waals surface area contributed by atoms with Crippen molar-refractivity contribution < 1.29 is 19.0 Å². The summed E-state index contributed by atoms with van der Waals surface area (Å²) in [6.45, 7) is 6.38. The molecule has 0 saturated carbocycles. The maximum absolute atomic E-state index is 12.9. The van der Waals surface area contributed by atoms with E-state index in [1.54, 1.807) is 6.08 Å². The number of methoxy groups -OCH3 is 2. The molecule has 1 saturated heterocycles. The molecule has 174 valence electrons. The van der Waals surface area contributed by atoms with E-state index in [0.717, 1.165) is 27.9 Å². The van der Waals surface area contributed by atoms with Crippen LogP contribution in [0.5, 0.6) is 0 Å². The van der Waals surface area contributed by atoms with Crippen molar-refractivity contribution in [2.75, 3.05) is 14.2 Å². The predicted molar refractivity (Wildman–Crippen MR) is 135 cm³/mol. The van der Waals surface area contributed by atoms with Crippen molar-refractivity contribution in [3.05, 3.63) is 124 Å². The molecule has 0 aromatic heterocycles. The highest BCUT2D eigenvalue weighted by Crippen LogP contribution is 2.47. The number of cyclic esters (lactones) is 1. The van der Waals surface area contributed by atoms with E-state index in [-0.39, 0.29) is 0 Å². The fourth-order valence-electron chi connectivity index (χ4n) is 4.33. The van der Waals surface area contributed by atoms with Gasteiger partial charge in [0.2, 0.25) is 0 Å². The number of hydrogen-bond acceptors (Lipinski definition) is 4. The van der Waals surface area contributed by atoms with Gasteiger partial charge in [-0.15, -0.1) is 0 Å². The second-order valence-electron chi connectivity index (χ2n) is 8.66. The van der Waals surface area contributed by atoms with Crippen molar-refractivity contribution in [3.63, 3.8) is 0 Å². The average molecular weight is 455 g/mol. The summed E-state index contributed by atoms with van der Waals surface area (Å²) in [4.78, 5) is 12.9. The number of esters is 1. The minimum Gasteiger partial charge on any atom is -0.400 e. The number of hydrogen-bond donors (Lipinski definition) is 0. The van der Waals surface area contributed by atoms with Crippen molar-refractivity contribution >= 4 is 12.0 Å². The number of rotatable bonds is 6. The first-order valence-electron chi connectivity index (χ1n) is 11.4. The third kappa shape index (κ3) is 4.35. The first kappa shape index (κ1) is 23.7. The van der Waals surface area contributed by atoms with E-state index in [0.29, 0.717) is 17.1 Å². The molecule has 0 N–H and O–H groups in total. The zero-order valence-electron chi connectivity index (χ0n) is 20.3. The third-order valence-electron chi connectivity index (χ3n) is 6.19. The summed E-state index contributed by atoms with van der Waals surface area (Å²) in [6.07, 6.45) is 18.3. The average Bonchev–Trinajstić information content (AvgIpc) is 2.94. The van der Waals surface area contributed by atoms with Gasteiger partial charge in [0, 0.05) is 14.2 Å². The second-order valence-corrected chi connectivity index (χ2v) is 8.66. The van der Waals surface area contributed by atoms with Crippen LogP contribution in [0.3, 0.4) is 0 Å². The van der Waals surface area contributed by atoms with Gasteiger partial charge in [-0.2, -0.15) is 0 Å². The molecule has 34 heavy (non-hydrogen) atoms. The molecule has 1 heterocycles. The van der Waals surface area contributed by atoms with Crippen molar-refractivity contribution in [2.24, 2.45) is 5.92 Å². The Hall–Kier alpha value is -3.47. The summed E-state index contributed by atoms with van der Waals surface area (Å²) in [7, 11) is 2.97. The summed E-state index contributed by atoms with van der Waals surface area (Å²) in [5.41, 5.74) is 7.22. The number of benzene rings is 1. The van der Waals surface area contributed by atoms with Crippen molar-refractivity contribution in [1.29, 1.82) is 0 Å². The number of allylic oxidation sites excluding steroid dienone is 13. The van der Waals surface area contributed by atoms with Gasteiger partial charge in [0.1, 0.15) is 0 Å². The van der Waals surface area contributed by atoms with Crippen LogP contribution in [0, 0.1) is 5.92 Å². The molecule has 4 heteroatoms. The highest BCUT2D eigenvalue weighted by Gasteiger charge is 2.52. The molecule has 3 aliphatic rings. The van der Waals surface area contributed by atoms with Crippen LogP contribution < -0.4 is 0 Å². The fourth-order valence-corrected chi connectivity index (χ4v) is 4.33. The first-order valence-corrected chi connectivity index (χ1v) is 11.4. The van der Waals surface area contributed by atoms with Gasteiger partial charge in [0.25, 0.3) is 0 Å². The lowest BCUT2D eigenvalue weighted by Crippen LogP contribution is -2.36. The molecule has 1 aliphatic heterocycles. The molecule has 4 nitrogen and oxygen atoms in total. The number of fused-ring (bicyclic) bond motifs is 2. The van der Waals surface area contributed by atoms with E-state index in [9.17, 15) is 4.79 Å². The Balaban J connectivity index is 1.87. The lowest BCUT2D eigenvalue weighted by atomic mass is 9.86. The van der Waals surface area contributed by atoms with E-state index in [2.05, 4.69) is 56.4 Å². The van der Waals surface area contributed by atoms with E-state index in [1.807, 2.05) is 43.4 Å². The maximum atomic E-state index is 12.9. The number of carbonyl (C=O) groups is 1. The van der Waals surface area contributed by atoms with Crippen LogP contribution >= 0.6 is 0 Å². The van der Waals surface area contributed by atoms with Gasteiger partial charge in [0.05, 0.1) is 11.1 Å². The molecule has 4 rings (SSSR count). The molecule has 2 aliphatic carbocycles. The van der Waals surface area contributed by atoms with Gasteiger partial charge in [-0.1, -0.05) is 92.8 Å². The molecule has 0 bridgehead atoms. The summed E-state index contributed by atoms with van der Waals surface area (Å²) in [5.74, 6) is -1.73. The quantitative estimate of drug-likeness (QED) is 0.284.